The number of ether oxygens (including phenoxy) is 1. The molecule has 3 rings (SSSR count). The van der Waals surface area contributed by atoms with Crippen LogP contribution in [0, 0.1) is 0 Å². The first-order chi connectivity index (χ1) is 8.31. The highest BCUT2D eigenvalue weighted by Crippen LogP contribution is 2.43. The molecule has 0 aromatic rings. The third-order valence-corrected chi connectivity index (χ3v) is 4.76. The Morgan fingerprint density at radius 2 is 2.06 bits per heavy atom. The predicted octanol–water partition coefficient (Wildman–Crippen LogP) is 2.01. The molecule has 1 unspecified atom stereocenters. The monoisotopic (exact) mass is 238 g/mol. The lowest BCUT2D eigenvalue weighted by Crippen LogP contribution is -2.53. The van der Waals surface area contributed by atoms with E-state index >= 15 is 0 Å². The summed E-state index contributed by atoms with van der Waals surface area (Å²) in [6, 6.07) is 0.698. The Morgan fingerprint density at radius 1 is 1.29 bits per heavy atom. The van der Waals surface area contributed by atoms with Gasteiger partial charge in [-0.1, -0.05) is 5.16 Å². The van der Waals surface area contributed by atoms with Crippen LogP contribution in [0.15, 0.2) is 5.16 Å². The lowest BCUT2D eigenvalue weighted by Gasteiger charge is -2.50. The Hall–Kier alpha value is -0.610. The third-order valence-electron chi connectivity index (χ3n) is 4.76. The summed E-state index contributed by atoms with van der Waals surface area (Å²) in [7, 11) is 0. The number of piperidine rings is 1. The molecule has 4 heteroatoms. The van der Waals surface area contributed by atoms with Gasteiger partial charge in [0.2, 0.25) is 0 Å². The average Bonchev–Trinajstić information content (AvgIpc) is 2.37. The van der Waals surface area contributed by atoms with Gasteiger partial charge >= 0.3 is 0 Å². The predicted molar refractivity (Wildman–Crippen MR) is 65.6 cm³/mol. The number of likely N-dealkylation sites (tertiary alicyclic amines) is 1. The van der Waals surface area contributed by atoms with Gasteiger partial charge in [-0.25, -0.2) is 0 Å². The van der Waals surface area contributed by atoms with Gasteiger partial charge in [0, 0.05) is 38.6 Å². The molecule has 3 fully saturated rings. The topological polar surface area (TPSA) is 45.1 Å². The molecule has 1 N–H and O–H groups in total. The second-order valence-electron chi connectivity index (χ2n) is 5.73. The van der Waals surface area contributed by atoms with Gasteiger partial charge in [-0.15, -0.1) is 0 Å². The van der Waals surface area contributed by atoms with Gasteiger partial charge < -0.3 is 9.94 Å². The molecule has 0 aromatic carbocycles. The molecule has 0 amide bonds. The van der Waals surface area contributed by atoms with Crippen LogP contribution in [0.3, 0.4) is 0 Å². The minimum absolute atomic E-state index is 0.244. The van der Waals surface area contributed by atoms with Gasteiger partial charge in [-0.3, -0.25) is 4.90 Å². The number of hydrogen-bond donors (Lipinski definition) is 1. The quantitative estimate of drug-likeness (QED) is 0.561. The second kappa shape index (κ2) is 4.58. The number of nitrogens with zero attached hydrogens (tertiary/aromatic N) is 2. The Morgan fingerprint density at radius 3 is 2.65 bits per heavy atom. The summed E-state index contributed by atoms with van der Waals surface area (Å²) in [6.45, 7) is 3.04. The Labute approximate surface area is 103 Å². The van der Waals surface area contributed by atoms with Gasteiger partial charge in [0.25, 0.3) is 0 Å². The van der Waals surface area contributed by atoms with Crippen LogP contribution in [0.5, 0.6) is 0 Å². The zero-order valence-electron chi connectivity index (χ0n) is 10.4. The highest BCUT2D eigenvalue weighted by Gasteiger charge is 2.44. The van der Waals surface area contributed by atoms with Crippen LogP contribution < -0.4 is 0 Å². The van der Waals surface area contributed by atoms with E-state index in [-0.39, 0.29) is 5.60 Å². The number of rotatable bonds is 1. The van der Waals surface area contributed by atoms with E-state index in [2.05, 4.69) is 10.1 Å². The molecule has 1 atom stereocenters. The molecule has 96 valence electrons. The van der Waals surface area contributed by atoms with E-state index in [1.807, 2.05) is 0 Å². The highest BCUT2D eigenvalue weighted by atomic mass is 16.5. The van der Waals surface area contributed by atoms with Crippen LogP contribution in [-0.4, -0.2) is 47.2 Å². The molecular formula is C13H22N2O2. The van der Waals surface area contributed by atoms with Crippen molar-refractivity contribution in [2.45, 2.75) is 56.6 Å². The summed E-state index contributed by atoms with van der Waals surface area (Å²) in [5, 5.41) is 12.1. The van der Waals surface area contributed by atoms with E-state index in [0.717, 1.165) is 38.2 Å². The van der Waals surface area contributed by atoms with Gasteiger partial charge in [-0.2, -0.15) is 0 Å². The van der Waals surface area contributed by atoms with Crippen LogP contribution >= 0.6 is 0 Å². The van der Waals surface area contributed by atoms with Crippen LogP contribution in [-0.2, 0) is 4.74 Å². The minimum Gasteiger partial charge on any atom is -0.411 e. The van der Waals surface area contributed by atoms with E-state index in [1.165, 1.54) is 32.1 Å². The van der Waals surface area contributed by atoms with E-state index < -0.39 is 0 Å². The fraction of sp³-hybridized carbons (Fsp3) is 0.923. The first kappa shape index (κ1) is 11.5. The molecule has 0 bridgehead atoms. The fourth-order valence-corrected chi connectivity index (χ4v) is 3.48. The lowest BCUT2D eigenvalue weighted by atomic mass is 9.73. The zero-order chi connectivity index (χ0) is 11.7. The fourth-order valence-electron chi connectivity index (χ4n) is 3.48. The van der Waals surface area contributed by atoms with Crippen molar-refractivity contribution >= 4 is 5.71 Å². The van der Waals surface area contributed by atoms with Crippen LogP contribution in [0.1, 0.15) is 44.9 Å². The molecule has 4 nitrogen and oxygen atoms in total. The molecule has 0 aromatic heterocycles. The summed E-state index contributed by atoms with van der Waals surface area (Å²) in [5.74, 6) is 0. The maximum atomic E-state index is 8.77. The van der Waals surface area contributed by atoms with E-state index in [1.54, 1.807) is 0 Å². The number of hydrogen-bond acceptors (Lipinski definition) is 4. The smallest absolute Gasteiger partial charge is 0.0697 e. The summed E-state index contributed by atoms with van der Waals surface area (Å²) in [6.07, 6.45) is 8.13. The van der Waals surface area contributed by atoms with Crippen molar-refractivity contribution in [3.63, 3.8) is 0 Å². The Kier molecular flexibility index (Phi) is 3.09. The standard InChI is InChI=1S/C13H22N2O2/c16-14-11-2-7-15(8-3-11)12-4-9-17-13(10-12)5-1-6-13/h12,16H,1-10H2. The molecule has 2 saturated heterocycles. The molecule has 0 radical (unpaired) electrons. The first-order valence-electron chi connectivity index (χ1n) is 6.89. The van der Waals surface area contributed by atoms with Crippen LogP contribution in [0.2, 0.25) is 0 Å². The maximum absolute atomic E-state index is 8.77. The van der Waals surface area contributed by atoms with Crippen molar-refractivity contribution in [2.24, 2.45) is 5.16 Å². The van der Waals surface area contributed by atoms with Crippen molar-refractivity contribution in [1.82, 2.24) is 4.90 Å². The summed E-state index contributed by atoms with van der Waals surface area (Å²) in [4.78, 5) is 2.58. The van der Waals surface area contributed by atoms with Gasteiger partial charge in [0.1, 0.15) is 0 Å². The lowest BCUT2D eigenvalue weighted by molar-refractivity contribution is -0.148. The van der Waals surface area contributed by atoms with E-state index in [0.29, 0.717) is 6.04 Å². The van der Waals surface area contributed by atoms with Gasteiger partial charge in [-0.05, 0) is 32.1 Å². The van der Waals surface area contributed by atoms with Crippen molar-refractivity contribution < 1.29 is 9.94 Å². The maximum Gasteiger partial charge on any atom is 0.0697 e. The zero-order valence-corrected chi connectivity index (χ0v) is 10.4. The third kappa shape index (κ3) is 2.20. The SMILES string of the molecule is ON=C1CCN(C2CCOC3(CCC3)C2)CC1. The van der Waals surface area contributed by atoms with E-state index in [4.69, 9.17) is 9.94 Å². The second-order valence-corrected chi connectivity index (χ2v) is 5.73. The molecule has 3 aliphatic rings. The van der Waals surface area contributed by atoms with E-state index in [9.17, 15) is 0 Å². The summed E-state index contributed by atoms with van der Waals surface area (Å²) < 4.78 is 5.97. The van der Waals surface area contributed by atoms with Crippen LogP contribution in [0.4, 0.5) is 0 Å². The van der Waals surface area contributed by atoms with Crippen molar-refractivity contribution in [3.8, 4) is 0 Å². The van der Waals surface area contributed by atoms with Gasteiger partial charge in [0.05, 0.1) is 11.3 Å². The molecule has 2 aliphatic heterocycles. The van der Waals surface area contributed by atoms with Gasteiger partial charge in [0.15, 0.2) is 0 Å². The van der Waals surface area contributed by atoms with Crippen LogP contribution in [0.25, 0.3) is 0 Å². The summed E-state index contributed by atoms with van der Waals surface area (Å²) in [5.41, 5.74) is 1.21. The average molecular weight is 238 g/mol. The summed E-state index contributed by atoms with van der Waals surface area (Å²) >= 11 is 0. The molecule has 1 spiro atoms. The largest absolute Gasteiger partial charge is 0.411 e. The number of oxime groups is 1. The molecular weight excluding hydrogens is 216 g/mol. The molecule has 1 saturated carbocycles. The molecule has 2 heterocycles. The molecule has 1 aliphatic carbocycles. The highest BCUT2D eigenvalue weighted by molar-refractivity contribution is 5.84. The Bertz CT molecular complexity index is 303. The first-order valence-corrected chi connectivity index (χ1v) is 6.89. The van der Waals surface area contributed by atoms with Crippen molar-refractivity contribution in [1.29, 1.82) is 0 Å². The van der Waals surface area contributed by atoms with Crippen molar-refractivity contribution in [2.75, 3.05) is 19.7 Å². The van der Waals surface area contributed by atoms with Crippen molar-refractivity contribution in [3.05, 3.63) is 0 Å². The minimum atomic E-state index is 0.244. The molecule has 17 heavy (non-hydrogen) atoms. The normalized spacial score (nSPS) is 33.4. The Balaban J connectivity index is 1.57.